The van der Waals surface area contributed by atoms with E-state index in [4.69, 9.17) is 32.9 Å². The number of hydrogen-bond donors (Lipinski definition) is 1. The number of fused-ring (bicyclic) bond motifs is 1. The van der Waals surface area contributed by atoms with Gasteiger partial charge in [0.05, 0.1) is 31.0 Å². The van der Waals surface area contributed by atoms with Crippen LogP contribution in [0.15, 0.2) is 30.3 Å². The normalized spacial score (nSPS) is 14.4. The van der Waals surface area contributed by atoms with Gasteiger partial charge in [0.15, 0.2) is 0 Å². The predicted molar refractivity (Wildman–Crippen MR) is 117 cm³/mol. The number of aromatic nitrogens is 2. The summed E-state index contributed by atoms with van der Waals surface area (Å²) in [6, 6.07) is 9.61. The molecule has 1 aliphatic rings. The molecule has 1 aromatic heterocycles. The number of carbonyl (C=O) groups excluding carboxylic acids is 1. The highest BCUT2D eigenvalue weighted by Crippen LogP contribution is 2.32. The number of aryl methyl sites for hydroxylation is 1. The Labute approximate surface area is 179 Å². The molecule has 0 radical (unpaired) electrons. The van der Waals surface area contributed by atoms with E-state index in [9.17, 15) is 4.79 Å². The molecule has 4 rings (SSSR count). The maximum Gasteiger partial charge on any atom is 0.221 e. The second-order valence-electron chi connectivity index (χ2n) is 7.12. The fraction of sp³-hybridized carbons (Fsp3) is 0.333. The third-order valence-electron chi connectivity index (χ3n) is 5.06. The van der Waals surface area contributed by atoms with Gasteiger partial charge in [-0.2, -0.15) is 0 Å². The molecule has 0 unspecified atom stereocenters. The number of rotatable bonds is 4. The van der Waals surface area contributed by atoms with Gasteiger partial charge in [0, 0.05) is 35.7 Å². The van der Waals surface area contributed by atoms with Crippen molar-refractivity contribution in [3.63, 3.8) is 0 Å². The second-order valence-corrected chi connectivity index (χ2v) is 7.97. The average molecular weight is 433 g/mol. The number of morpholine rings is 1. The van der Waals surface area contributed by atoms with Crippen LogP contribution in [0.5, 0.6) is 0 Å². The fourth-order valence-corrected chi connectivity index (χ4v) is 4.10. The van der Waals surface area contributed by atoms with Crippen molar-refractivity contribution in [2.24, 2.45) is 0 Å². The lowest BCUT2D eigenvalue weighted by molar-refractivity contribution is -0.114. The molecule has 0 bridgehead atoms. The SMILES string of the molecule is CC(=O)Nc1cc(N2CCOCC2)cc2c1nc(C)n2Cc1ccc(Cl)cc1Cl. The summed E-state index contributed by atoms with van der Waals surface area (Å²) in [6.45, 7) is 7.01. The predicted octanol–water partition coefficient (Wildman–Crippen LogP) is 4.49. The molecule has 6 nitrogen and oxygen atoms in total. The highest BCUT2D eigenvalue weighted by Gasteiger charge is 2.19. The second kappa shape index (κ2) is 8.22. The van der Waals surface area contributed by atoms with E-state index in [1.54, 1.807) is 6.07 Å². The number of anilines is 2. The number of hydrogen-bond acceptors (Lipinski definition) is 4. The van der Waals surface area contributed by atoms with E-state index >= 15 is 0 Å². The summed E-state index contributed by atoms with van der Waals surface area (Å²) in [5, 5.41) is 4.16. The minimum Gasteiger partial charge on any atom is -0.378 e. The number of benzene rings is 2. The standard InChI is InChI=1S/C21H22Cl2N4O2/c1-13-24-21-19(25-14(2)28)10-17(26-5-7-29-8-6-26)11-20(21)27(13)12-15-3-4-16(22)9-18(15)23/h3-4,9-11H,5-8,12H2,1-2H3,(H,25,28). The Balaban J connectivity index is 1.83. The lowest BCUT2D eigenvalue weighted by Crippen LogP contribution is -2.36. The van der Waals surface area contributed by atoms with Crippen molar-refractivity contribution >= 4 is 51.5 Å². The molecule has 0 atom stereocenters. The molecule has 3 aromatic rings. The zero-order valence-corrected chi connectivity index (χ0v) is 17.8. The molecule has 29 heavy (non-hydrogen) atoms. The van der Waals surface area contributed by atoms with E-state index in [1.807, 2.05) is 25.1 Å². The summed E-state index contributed by atoms with van der Waals surface area (Å²) in [5.41, 5.74) is 4.41. The fourth-order valence-electron chi connectivity index (χ4n) is 3.63. The van der Waals surface area contributed by atoms with Crippen molar-refractivity contribution in [2.45, 2.75) is 20.4 Å². The Bertz CT molecular complexity index is 1070. The van der Waals surface area contributed by atoms with Crippen molar-refractivity contribution in [1.29, 1.82) is 0 Å². The maximum atomic E-state index is 11.8. The summed E-state index contributed by atoms with van der Waals surface area (Å²) < 4.78 is 7.59. The number of carbonyl (C=O) groups is 1. The first-order valence-corrected chi connectivity index (χ1v) is 10.2. The molecule has 2 aromatic carbocycles. The van der Waals surface area contributed by atoms with Crippen LogP contribution in [0.4, 0.5) is 11.4 Å². The molecule has 1 aliphatic heterocycles. The Morgan fingerprint density at radius 2 is 1.97 bits per heavy atom. The van der Waals surface area contributed by atoms with Gasteiger partial charge in [-0.3, -0.25) is 4.79 Å². The van der Waals surface area contributed by atoms with Gasteiger partial charge in [-0.1, -0.05) is 29.3 Å². The third-order valence-corrected chi connectivity index (χ3v) is 5.65. The van der Waals surface area contributed by atoms with E-state index in [1.165, 1.54) is 6.92 Å². The van der Waals surface area contributed by atoms with Gasteiger partial charge < -0.3 is 19.5 Å². The molecule has 1 amide bonds. The van der Waals surface area contributed by atoms with Gasteiger partial charge in [0.1, 0.15) is 11.3 Å². The van der Waals surface area contributed by atoms with Gasteiger partial charge in [-0.25, -0.2) is 4.98 Å². The lowest BCUT2D eigenvalue weighted by Gasteiger charge is -2.29. The maximum absolute atomic E-state index is 11.8. The van der Waals surface area contributed by atoms with Crippen LogP contribution in [0.3, 0.4) is 0 Å². The van der Waals surface area contributed by atoms with E-state index in [0.717, 1.165) is 41.2 Å². The molecule has 152 valence electrons. The molecule has 1 fully saturated rings. The smallest absolute Gasteiger partial charge is 0.221 e. The van der Waals surface area contributed by atoms with Crippen LogP contribution in [0.1, 0.15) is 18.3 Å². The van der Waals surface area contributed by atoms with Crippen molar-refractivity contribution in [3.8, 4) is 0 Å². The van der Waals surface area contributed by atoms with Crippen LogP contribution in [0.25, 0.3) is 11.0 Å². The average Bonchev–Trinajstić information content (AvgIpc) is 3.00. The Morgan fingerprint density at radius 3 is 2.66 bits per heavy atom. The summed E-state index contributed by atoms with van der Waals surface area (Å²) in [7, 11) is 0. The largest absolute Gasteiger partial charge is 0.378 e. The van der Waals surface area contributed by atoms with E-state index in [0.29, 0.717) is 35.5 Å². The number of halogens is 2. The molecular weight excluding hydrogens is 411 g/mol. The van der Waals surface area contributed by atoms with E-state index in [2.05, 4.69) is 20.9 Å². The van der Waals surface area contributed by atoms with Gasteiger partial charge in [-0.15, -0.1) is 0 Å². The van der Waals surface area contributed by atoms with Crippen LogP contribution in [0.2, 0.25) is 10.0 Å². The third kappa shape index (κ3) is 4.20. The van der Waals surface area contributed by atoms with E-state index < -0.39 is 0 Å². The van der Waals surface area contributed by atoms with Crippen molar-refractivity contribution in [3.05, 3.63) is 51.8 Å². The monoisotopic (exact) mass is 432 g/mol. The van der Waals surface area contributed by atoms with Gasteiger partial charge in [0.25, 0.3) is 0 Å². The van der Waals surface area contributed by atoms with Gasteiger partial charge in [0.2, 0.25) is 5.91 Å². The Morgan fingerprint density at radius 1 is 1.21 bits per heavy atom. The zero-order valence-electron chi connectivity index (χ0n) is 16.3. The number of nitrogens with zero attached hydrogens (tertiary/aromatic N) is 3. The van der Waals surface area contributed by atoms with Crippen molar-refractivity contribution in [1.82, 2.24) is 9.55 Å². The first-order chi connectivity index (χ1) is 13.9. The molecule has 0 saturated carbocycles. The molecule has 1 saturated heterocycles. The quantitative estimate of drug-likeness (QED) is 0.659. The Hall–Kier alpha value is -2.28. The number of imidazole rings is 1. The van der Waals surface area contributed by atoms with E-state index in [-0.39, 0.29) is 5.91 Å². The summed E-state index contributed by atoms with van der Waals surface area (Å²) in [6.07, 6.45) is 0. The minimum atomic E-state index is -0.127. The van der Waals surface area contributed by atoms with Gasteiger partial charge >= 0.3 is 0 Å². The first-order valence-electron chi connectivity index (χ1n) is 9.47. The van der Waals surface area contributed by atoms with Crippen LogP contribution in [-0.4, -0.2) is 41.8 Å². The van der Waals surface area contributed by atoms with Crippen LogP contribution in [-0.2, 0) is 16.1 Å². The van der Waals surface area contributed by atoms with Crippen LogP contribution < -0.4 is 10.2 Å². The highest BCUT2D eigenvalue weighted by atomic mass is 35.5. The summed E-state index contributed by atoms with van der Waals surface area (Å²) in [4.78, 5) is 18.8. The van der Waals surface area contributed by atoms with Crippen molar-refractivity contribution in [2.75, 3.05) is 36.5 Å². The van der Waals surface area contributed by atoms with Crippen LogP contribution >= 0.6 is 23.2 Å². The summed E-state index contributed by atoms with van der Waals surface area (Å²) in [5.74, 6) is 0.718. The molecule has 8 heteroatoms. The van der Waals surface area contributed by atoms with Gasteiger partial charge in [-0.05, 0) is 36.8 Å². The van der Waals surface area contributed by atoms with Crippen molar-refractivity contribution < 1.29 is 9.53 Å². The van der Waals surface area contributed by atoms with Crippen LogP contribution in [0, 0.1) is 6.92 Å². The highest BCUT2D eigenvalue weighted by molar-refractivity contribution is 6.35. The number of ether oxygens (including phenoxy) is 1. The Kier molecular flexibility index (Phi) is 5.67. The number of amides is 1. The first kappa shape index (κ1) is 20.0. The molecular formula is C21H22Cl2N4O2. The molecule has 0 aliphatic carbocycles. The zero-order chi connectivity index (χ0) is 20.5. The summed E-state index contributed by atoms with van der Waals surface area (Å²) >= 11 is 12.4. The minimum absolute atomic E-state index is 0.127. The lowest BCUT2D eigenvalue weighted by atomic mass is 10.2. The molecule has 0 spiro atoms. The molecule has 2 heterocycles. The number of nitrogens with one attached hydrogen (secondary N) is 1. The molecule has 1 N–H and O–H groups in total. The topological polar surface area (TPSA) is 59.4 Å².